The van der Waals surface area contributed by atoms with Crippen LogP contribution in [0.4, 0.5) is 11.5 Å². The summed E-state index contributed by atoms with van der Waals surface area (Å²) in [6.07, 6.45) is 6.38. The van der Waals surface area contributed by atoms with Crippen molar-refractivity contribution in [2.45, 2.75) is 50.5 Å². The number of para-hydroxylation sites is 1. The fraction of sp³-hybridized carbons (Fsp3) is 0.296. The molecule has 0 saturated heterocycles. The van der Waals surface area contributed by atoms with Crippen LogP contribution in [0.5, 0.6) is 0 Å². The topological polar surface area (TPSA) is 62.3 Å². The van der Waals surface area contributed by atoms with Gasteiger partial charge in [-0.15, -0.1) is 0 Å². The van der Waals surface area contributed by atoms with Crippen molar-refractivity contribution in [2.75, 3.05) is 10.2 Å². The molecule has 1 N–H and O–H groups in total. The SMILES string of the molecule is Cc1cccnc1NC(=O)[C@@H]1c2ccccc2C(=O)N(c2ccccc2)C12CCCCC2. The molecule has 2 heterocycles. The Hall–Kier alpha value is -3.47. The number of nitrogens with zero attached hydrogens (tertiary/aromatic N) is 2. The third kappa shape index (κ3) is 3.29. The Morgan fingerprint density at radius 3 is 2.44 bits per heavy atom. The standard InChI is InChI=1S/C27H27N3O2/c1-19-11-10-18-28-24(19)29-25(31)23-21-14-6-7-15-22(21)26(32)30(20-12-4-2-5-13-20)27(23)16-8-3-9-17-27/h2,4-7,10-15,18,23H,3,8-9,16-17H2,1H3,(H,28,29,31)/t23-/m0/s1. The van der Waals surface area contributed by atoms with E-state index < -0.39 is 11.5 Å². The Kier molecular flexibility index (Phi) is 5.25. The van der Waals surface area contributed by atoms with Crippen LogP contribution in [0.15, 0.2) is 72.9 Å². The Morgan fingerprint density at radius 1 is 0.969 bits per heavy atom. The van der Waals surface area contributed by atoms with Gasteiger partial charge >= 0.3 is 0 Å². The minimum atomic E-state index is -0.599. The molecule has 32 heavy (non-hydrogen) atoms. The first-order valence-electron chi connectivity index (χ1n) is 11.3. The second-order valence-electron chi connectivity index (χ2n) is 8.82. The highest BCUT2D eigenvalue weighted by molar-refractivity contribution is 6.13. The monoisotopic (exact) mass is 425 g/mol. The van der Waals surface area contributed by atoms with Crippen LogP contribution in [-0.2, 0) is 4.79 Å². The molecule has 1 fully saturated rings. The summed E-state index contributed by atoms with van der Waals surface area (Å²) < 4.78 is 0. The molecule has 1 spiro atoms. The number of amides is 2. The zero-order chi connectivity index (χ0) is 22.1. The second-order valence-corrected chi connectivity index (χ2v) is 8.82. The Balaban J connectivity index is 1.68. The lowest BCUT2D eigenvalue weighted by Gasteiger charge is -2.53. The van der Waals surface area contributed by atoms with Crippen molar-refractivity contribution < 1.29 is 9.59 Å². The summed E-state index contributed by atoms with van der Waals surface area (Å²) in [5.74, 6) is -0.0243. The van der Waals surface area contributed by atoms with Gasteiger partial charge in [0, 0.05) is 17.4 Å². The van der Waals surface area contributed by atoms with Gasteiger partial charge in [-0.1, -0.05) is 61.7 Å². The first-order valence-corrected chi connectivity index (χ1v) is 11.3. The number of nitrogens with one attached hydrogen (secondary N) is 1. The maximum atomic E-state index is 14.0. The fourth-order valence-corrected chi connectivity index (χ4v) is 5.50. The largest absolute Gasteiger partial charge is 0.310 e. The maximum absolute atomic E-state index is 14.0. The molecule has 1 aliphatic heterocycles. The molecule has 2 amide bonds. The van der Waals surface area contributed by atoms with Crippen molar-refractivity contribution in [3.05, 3.63) is 89.6 Å². The first-order chi connectivity index (χ1) is 15.6. The zero-order valence-corrected chi connectivity index (χ0v) is 18.3. The van der Waals surface area contributed by atoms with E-state index >= 15 is 0 Å². The van der Waals surface area contributed by atoms with Gasteiger partial charge in [0.1, 0.15) is 5.82 Å². The Labute approximate surface area is 188 Å². The smallest absolute Gasteiger partial charge is 0.259 e. The van der Waals surface area contributed by atoms with E-state index in [2.05, 4.69) is 10.3 Å². The normalized spacial score (nSPS) is 19.5. The average Bonchev–Trinajstić information content (AvgIpc) is 2.82. The van der Waals surface area contributed by atoms with E-state index in [1.165, 1.54) is 0 Å². The van der Waals surface area contributed by atoms with Crippen LogP contribution in [0.3, 0.4) is 0 Å². The van der Waals surface area contributed by atoms with Gasteiger partial charge in [0.15, 0.2) is 0 Å². The van der Waals surface area contributed by atoms with E-state index in [-0.39, 0.29) is 11.8 Å². The lowest BCUT2D eigenvalue weighted by molar-refractivity contribution is -0.119. The molecule has 1 saturated carbocycles. The number of anilines is 2. The van der Waals surface area contributed by atoms with Crippen molar-refractivity contribution >= 4 is 23.3 Å². The van der Waals surface area contributed by atoms with Crippen LogP contribution < -0.4 is 10.2 Å². The Bertz CT molecular complexity index is 1150. The van der Waals surface area contributed by atoms with Gasteiger partial charge in [-0.3, -0.25) is 9.59 Å². The van der Waals surface area contributed by atoms with Crippen molar-refractivity contribution in [2.24, 2.45) is 0 Å². The van der Waals surface area contributed by atoms with Crippen molar-refractivity contribution in [3.63, 3.8) is 0 Å². The number of aryl methyl sites for hydroxylation is 1. The summed E-state index contributed by atoms with van der Waals surface area (Å²) in [5, 5.41) is 3.09. The third-order valence-electron chi connectivity index (χ3n) is 6.93. The van der Waals surface area contributed by atoms with E-state index in [1.54, 1.807) is 6.20 Å². The molecule has 5 heteroatoms. The molecule has 0 radical (unpaired) electrons. The third-order valence-corrected chi connectivity index (χ3v) is 6.93. The number of fused-ring (bicyclic) bond motifs is 1. The predicted molar refractivity (Wildman–Crippen MR) is 126 cm³/mol. The first kappa shape index (κ1) is 20.4. The van der Waals surface area contributed by atoms with Crippen LogP contribution in [0.1, 0.15) is 59.5 Å². The van der Waals surface area contributed by atoms with Gasteiger partial charge in [-0.05, 0) is 55.2 Å². The summed E-state index contributed by atoms with van der Waals surface area (Å²) in [5.41, 5.74) is 2.58. The van der Waals surface area contributed by atoms with E-state index in [4.69, 9.17) is 0 Å². The van der Waals surface area contributed by atoms with Gasteiger partial charge in [-0.25, -0.2) is 4.98 Å². The van der Waals surface area contributed by atoms with E-state index in [0.717, 1.165) is 48.9 Å². The highest BCUT2D eigenvalue weighted by Crippen LogP contribution is 2.51. The van der Waals surface area contributed by atoms with Gasteiger partial charge in [0.05, 0.1) is 11.5 Å². The number of rotatable bonds is 3. The second kappa shape index (κ2) is 8.23. The molecule has 162 valence electrons. The van der Waals surface area contributed by atoms with Crippen molar-refractivity contribution in [1.29, 1.82) is 0 Å². The number of aromatic nitrogens is 1. The molecule has 5 nitrogen and oxygen atoms in total. The highest BCUT2D eigenvalue weighted by Gasteiger charge is 2.55. The van der Waals surface area contributed by atoms with Crippen LogP contribution in [0.25, 0.3) is 0 Å². The summed E-state index contributed by atoms with van der Waals surface area (Å²) in [4.78, 5) is 34.1. The lowest BCUT2D eigenvalue weighted by atomic mass is 9.65. The van der Waals surface area contributed by atoms with Gasteiger partial charge in [0.2, 0.25) is 5.91 Å². The van der Waals surface area contributed by atoms with Crippen LogP contribution >= 0.6 is 0 Å². The Morgan fingerprint density at radius 2 is 1.69 bits per heavy atom. The molecule has 5 rings (SSSR count). The number of carbonyl (C=O) groups excluding carboxylic acids is 2. The number of benzene rings is 2. The van der Waals surface area contributed by atoms with Gasteiger partial charge < -0.3 is 10.2 Å². The highest BCUT2D eigenvalue weighted by atomic mass is 16.2. The zero-order valence-electron chi connectivity index (χ0n) is 18.3. The van der Waals surface area contributed by atoms with E-state index in [1.807, 2.05) is 78.6 Å². The summed E-state index contributed by atoms with van der Waals surface area (Å²) in [6, 6.07) is 21.2. The van der Waals surface area contributed by atoms with Crippen LogP contribution in [0, 0.1) is 6.92 Å². The maximum Gasteiger partial charge on any atom is 0.259 e. The molecular formula is C27H27N3O2. The number of hydrogen-bond donors (Lipinski definition) is 1. The molecule has 0 unspecified atom stereocenters. The van der Waals surface area contributed by atoms with E-state index in [0.29, 0.717) is 11.4 Å². The summed E-state index contributed by atoms with van der Waals surface area (Å²) in [7, 11) is 0. The minimum Gasteiger partial charge on any atom is -0.310 e. The predicted octanol–water partition coefficient (Wildman–Crippen LogP) is 5.48. The van der Waals surface area contributed by atoms with Crippen LogP contribution in [0.2, 0.25) is 0 Å². The molecule has 1 aliphatic carbocycles. The molecular weight excluding hydrogens is 398 g/mol. The van der Waals surface area contributed by atoms with Gasteiger partial charge in [-0.2, -0.15) is 0 Å². The number of carbonyl (C=O) groups is 2. The average molecular weight is 426 g/mol. The number of pyridine rings is 1. The minimum absolute atomic E-state index is 0.0215. The molecule has 0 bridgehead atoms. The molecule has 2 aliphatic rings. The molecule has 1 aromatic heterocycles. The molecule has 1 atom stereocenters. The molecule has 3 aromatic rings. The number of hydrogen-bond acceptors (Lipinski definition) is 3. The fourth-order valence-electron chi connectivity index (χ4n) is 5.50. The molecule has 2 aromatic carbocycles. The van der Waals surface area contributed by atoms with Crippen LogP contribution in [-0.4, -0.2) is 22.3 Å². The van der Waals surface area contributed by atoms with Crippen molar-refractivity contribution in [3.8, 4) is 0 Å². The summed E-state index contributed by atoms with van der Waals surface area (Å²) >= 11 is 0. The van der Waals surface area contributed by atoms with Crippen molar-refractivity contribution in [1.82, 2.24) is 4.98 Å². The lowest BCUT2D eigenvalue weighted by Crippen LogP contribution is -2.62. The quantitative estimate of drug-likeness (QED) is 0.605. The van der Waals surface area contributed by atoms with E-state index in [9.17, 15) is 9.59 Å². The summed E-state index contributed by atoms with van der Waals surface area (Å²) in [6.45, 7) is 1.94. The van der Waals surface area contributed by atoms with Gasteiger partial charge in [0.25, 0.3) is 5.91 Å².